The Kier molecular flexibility index (Phi) is 6.05. The maximum Gasteiger partial charge on any atom is 0.416 e. The summed E-state index contributed by atoms with van der Waals surface area (Å²) < 4.78 is 10.8. The third-order valence-electron chi connectivity index (χ3n) is 3.91. The lowest BCUT2D eigenvalue weighted by Crippen LogP contribution is -2.50. The Labute approximate surface area is 169 Å². The number of carbonyl (C=O) groups is 2. The molecular weight excluding hydrogens is 380 g/mol. The molecule has 1 aliphatic carbocycles. The van der Waals surface area contributed by atoms with Gasteiger partial charge in [0.15, 0.2) is 0 Å². The van der Waals surface area contributed by atoms with Gasteiger partial charge < -0.3 is 14.8 Å². The fourth-order valence-electron chi connectivity index (χ4n) is 2.50. The topological polar surface area (TPSA) is 124 Å². The molecule has 0 bridgehead atoms. The Hall–Kier alpha value is -2.91. The van der Waals surface area contributed by atoms with Crippen molar-refractivity contribution < 1.29 is 24.0 Å². The first-order chi connectivity index (χ1) is 13.2. The van der Waals surface area contributed by atoms with Crippen LogP contribution >= 0.6 is 0 Å². The molecule has 2 rings (SSSR count). The monoisotopic (exact) mass is 408 g/mol. The summed E-state index contributed by atoms with van der Waals surface area (Å²) in [4.78, 5) is 40.6. The number of hydrogen-bond acceptors (Lipinski definition) is 7. The van der Waals surface area contributed by atoms with E-state index in [2.05, 4.69) is 10.3 Å². The van der Waals surface area contributed by atoms with Gasteiger partial charge in [0.25, 0.3) is 5.69 Å². The molecule has 29 heavy (non-hydrogen) atoms. The van der Waals surface area contributed by atoms with Crippen LogP contribution in [0.5, 0.6) is 0 Å². The Bertz CT molecular complexity index is 775. The maximum absolute atomic E-state index is 12.8. The zero-order chi connectivity index (χ0) is 22.0. The lowest BCUT2D eigenvalue weighted by molar-refractivity contribution is -0.385. The van der Waals surface area contributed by atoms with Crippen LogP contribution in [0.4, 0.5) is 21.1 Å². The minimum absolute atomic E-state index is 0.103. The third-order valence-corrected chi connectivity index (χ3v) is 3.91. The van der Waals surface area contributed by atoms with Gasteiger partial charge in [0.05, 0.1) is 17.0 Å². The minimum Gasteiger partial charge on any atom is -0.444 e. The number of rotatable bonds is 5. The molecule has 1 fully saturated rings. The normalized spacial score (nSPS) is 15.2. The highest BCUT2D eigenvalue weighted by Gasteiger charge is 2.48. The second kappa shape index (κ2) is 7.84. The second-order valence-electron chi connectivity index (χ2n) is 9.11. The van der Waals surface area contributed by atoms with Crippen molar-refractivity contribution >= 4 is 23.7 Å². The first-order valence-corrected chi connectivity index (χ1v) is 9.32. The number of amides is 2. The van der Waals surface area contributed by atoms with Crippen LogP contribution in [-0.2, 0) is 9.47 Å². The number of pyridine rings is 1. The fourth-order valence-corrected chi connectivity index (χ4v) is 2.50. The Morgan fingerprint density at radius 2 is 1.76 bits per heavy atom. The molecule has 0 atom stereocenters. The molecule has 1 aromatic heterocycles. The van der Waals surface area contributed by atoms with E-state index in [0.29, 0.717) is 12.8 Å². The van der Waals surface area contributed by atoms with Gasteiger partial charge in [-0.15, -0.1) is 0 Å². The van der Waals surface area contributed by atoms with Crippen molar-refractivity contribution in [2.24, 2.45) is 0 Å². The van der Waals surface area contributed by atoms with E-state index in [1.54, 1.807) is 41.5 Å². The molecule has 1 aliphatic rings. The highest BCUT2D eigenvalue weighted by atomic mass is 16.6. The van der Waals surface area contributed by atoms with E-state index < -0.39 is 33.9 Å². The molecule has 1 N–H and O–H groups in total. The van der Waals surface area contributed by atoms with E-state index >= 15 is 0 Å². The molecule has 0 radical (unpaired) electrons. The molecule has 1 aromatic rings. The summed E-state index contributed by atoms with van der Waals surface area (Å²) in [6, 6.07) is 2.65. The quantitative estimate of drug-likeness (QED) is 0.580. The summed E-state index contributed by atoms with van der Waals surface area (Å²) in [5.41, 5.74) is -2.25. The summed E-state index contributed by atoms with van der Waals surface area (Å²) in [7, 11) is 0. The Morgan fingerprint density at radius 1 is 1.17 bits per heavy atom. The van der Waals surface area contributed by atoms with E-state index in [-0.39, 0.29) is 18.1 Å². The standard InChI is InChI=1S/C19H28N4O6/c1-17(2,3)28-15(24)21-19(9-10-19)12-22(16(25)29-18(4,5)6)14-8-7-13(11-20-14)23(26)27/h7-8,11H,9-10,12H2,1-6H3,(H,21,24). The summed E-state index contributed by atoms with van der Waals surface area (Å²) in [5.74, 6) is 0.196. The van der Waals surface area contributed by atoms with Gasteiger partial charge in [-0.3, -0.25) is 15.0 Å². The molecule has 0 saturated heterocycles. The molecule has 0 spiro atoms. The highest BCUT2D eigenvalue weighted by Crippen LogP contribution is 2.38. The van der Waals surface area contributed by atoms with Crippen molar-refractivity contribution in [2.75, 3.05) is 11.4 Å². The number of anilines is 1. The van der Waals surface area contributed by atoms with Crippen molar-refractivity contribution in [3.63, 3.8) is 0 Å². The largest absolute Gasteiger partial charge is 0.444 e. The minimum atomic E-state index is -0.745. The lowest BCUT2D eigenvalue weighted by Gasteiger charge is -2.30. The van der Waals surface area contributed by atoms with Gasteiger partial charge in [0, 0.05) is 6.07 Å². The number of nitro groups is 1. The molecule has 10 heteroatoms. The average molecular weight is 408 g/mol. The summed E-state index contributed by atoms with van der Waals surface area (Å²) >= 11 is 0. The molecule has 10 nitrogen and oxygen atoms in total. The molecule has 2 amide bonds. The fraction of sp³-hybridized carbons (Fsp3) is 0.632. The van der Waals surface area contributed by atoms with Crippen LogP contribution in [0.2, 0.25) is 0 Å². The third kappa shape index (κ3) is 6.88. The second-order valence-corrected chi connectivity index (χ2v) is 9.11. The van der Waals surface area contributed by atoms with Crippen molar-refractivity contribution in [3.05, 3.63) is 28.4 Å². The predicted octanol–water partition coefficient (Wildman–Crippen LogP) is 3.79. The van der Waals surface area contributed by atoms with Gasteiger partial charge in [-0.1, -0.05) is 0 Å². The number of hydrogen-bond donors (Lipinski definition) is 1. The number of ether oxygens (including phenoxy) is 2. The first kappa shape index (κ1) is 22.4. The van der Waals surface area contributed by atoms with Gasteiger partial charge in [-0.2, -0.15) is 0 Å². The van der Waals surface area contributed by atoms with Crippen LogP contribution < -0.4 is 10.2 Å². The van der Waals surface area contributed by atoms with Crippen molar-refractivity contribution in [1.29, 1.82) is 0 Å². The average Bonchev–Trinajstić information content (AvgIpc) is 3.28. The van der Waals surface area contributed by atoms with Gasteiger partial charge in [0.1, 0.15) is 23.2 Å². The molecule has 0 unspecified atom stereocenters. The van der Waals surface area contributed by atoms with Crippen LogP contribution in [0.15, 0.2) is 18.3 Å². The van der Waals surface area contributed by atoms with Gasteiger partial charge in [-0.25, -0.2) is 14.6 Å². The van der Waals surface area contributed by atoms with E-state index in [0.717, 1.165) is 6.20 Å². The highest BCUT2D eigenvalue weighted by molar-refractivity contribution is 5.87. The zero-order valence-corrected chi connectivity index (χ0v) is 17.6. The maximum atomic E-state index is 12.8. The molecule has 1 saturated carbocycles. The summed E-state index contributed by atoms with van der Waals surface area (Å²) in [6.07, 6.45) is 1.15. The lowest BCUT2D eigenvalue weighted by atomic mass is 10.2. The predicted molar refractivity (Wildman–Crippen MR) is 106 cm³/mol. The molecular formula is C19H28N4O6. The molecule has 1 heterocycles. The number of carbonyl (C=O) groups excluding carboxylic acids is 2. The first-order valence-electron chi connectivity index (χ1n) is 9.32. The summed E-state index contributed by atoms with van der Waals surface area (Å²) in [6.45, 7) is 10.6. The van der Waals surface area contributed by atoms with E-state index in [9.17, 15) is 19.7 Å². The van der Waals surface area contributed by atoms with Gasteiger partial charge >= 0.3 is 12.2 Å². The van der Waals surface area contributed by atoms with Crippen molar-refractivity contribution in [2.45, 2.75) is 71.1 Å². The van der Waals surface area contributed by atoms with E-state index in [1.807, 2.05) is 0 Å². The van der Waals surface area contributed by atoms with Gasteiger partial charge in [0.2, 0.25) is 0 Å². The number of aromatic nitrogens is 1. The Morgan fingerprint density at radius 3 is 2.17 bits per heavy atom. The van der Waals surface area contributed by atoms with Crippen LogP contribution in [0.3, 0.4) is 0 Å². The van der Waals surface area contributed by atoms with E-state index in [1.165, 1.54) is 17.0 Å². The van der Waals surface area contributed by atoms with E-state index in [4.69, 9.17) is 9.47 Å². The Balaban J connectivity index is 2.22. The van der Waals surface area contributed by atoms with Crippen LogP contribution in [0, 0.1) is 10.1 Å². The van der Waals surface area contributed by atoms with Gasteiger partial charge in [-0.05, 0) is 60.5 Å². The molecule has 160 valence electrons. The van der Waals surface area contributed by atoms with Crippen LogP contribution in [0.1, 0.15) is 54.4 Å². The molecule has 0 aromatic carbocycles. The SMILES string of the molecule is CC(C)(C)OC(=O)NC1(CN(C(=O)OC(C)(C)C)c2ccc([N+](=O)[O-])cn2)CC1. The number of alkyl carbamates (subject to hydrolysis) is 1. The molecule has 0 aliphatic heterocycles. The smallest absolute Gasteiger partial charge is 0.416 e. The van der Waals surface area contributed by atoms with Crippen molar-refractivity contribution in [1.82, 2.24) is 10.3 Å². The van der Waals surface area contributed by atoms with Crippen LogP contribution in [-0.4, -0.2) is 45.4 Å². The zero-order valence-electron chi connectivity index (χ0n) is 17.6. The van der Waals surface area contributed by atoms with Crippen molar-refractivity contribution in [3.8, 4) is 0 Å². The number of nitrogens with one attached hydrogen (secondary N) is 1. The van der Waals surface area contributed by atoms with Crippen LogP contribution in [0.25, 0.3) is 0 Å². The number of nitrogens with zero attached hydrogens (tertiary/aromatic N) is 3. The summed E-state index contributed by atoms with van der Waals surface area (Å²) in [5, 5.41) is 13.7.